The van der Waals surface area contributed by atoms with Gasteiger partial charge in [-0.15, -0.1) is 0 Å². The molecule has 3 nitrogen and oxygen atoms in total. The van der Waals surface area contributed by atoms with Gasteiger partial charge in [0.25, 0.3) is 0 Å². The minimum absolute atomic E-state index is 0.249. The predicted octanol–water partition coefficient (Wildman–Crippen LogP) is 3.62. The molecular weight excluding hydrogens is 226 g/mol. The van der Waals surface area contributed by atoms with Crippen molar-refractivity contribution in [2.24, 2.45) is 5.92 Å². The summed E-state index contributed by atoms with van der Waals surface area (Å²) in [5, 5.41) is 0. The molecule has 0 bridgehead atoms. The van der Waals surface area contributed by atoms with Gasteiger partial charge in [0.1, 0.15) is 5.60 Å². The summed E-state index contributed by atoms with van der Waals surface area (Å²) in [6.07, 6.45) is 0.775. The lowest BCUT2D eigenvalue weighted by Gasteiger charge is -2.34. The van der Waals surface area contributed by atoms with Crippen molar-refractivity contribution < 1.29 is 9.53 Å². The molecule has 98 valence electrons. The molecule has 1 aromatic rings. The van der Waals surface area contributed by atoms with Gasteiger partial charge < -0.3 is 4.74 Å². The number of ether oxygens (including phenoxy) is 1. The maximum absolute atomic E-state index is 12.2. The lowest BCUT2D eigenvalue weighted by Crippen LogP contribution is -2.42. The smallest absolute Gasteiger partial charge is 0.414 e. The molecule has 1 aliphatic heterocycles. The first-order valence-corrected chi connectivity index (χ1v) is 6.45. The number of fused-ring (bicyclic) bond motifs is 1. The zero-order chi connectivity index (χ0) is 13.3. The number of nitrogens with zero attached hydrogens (tertiary/aromatic N) is 1. The maximum Gasteiger partial charge on any atom is 0.414 e. The molecule has 0 aromatic heterocycles. The lowest BCUT2D eigenvalue weighted by molar-refractivity contribution is 0.0572. The summed E-state index contributed by atoms with van der Waals surface area (Å²) in [4.78, 5) is 14.0. The van der Waals surface area contributed by atoms with E-state index in [1.54, 1.807) is 4.90 Å². The van der Waals surface area contributed by atoms with Crippen LogP contribution >= 0.6 is 0 Å². The van der Waals surface area contributed by atoms with Gasteiger partial charge in [0.05, 0.1) is 5.69 Å². The lowest BCUT2D eigenvalue weighted by atomic mass is 9.94. The molecule has 3 heteroatoms. The highest BCUT2D eigenvalue weighted by Gasteiger charge is 2.29. The van der Waals surface area contributed by atoms with E-state index in [9.17, 15) is 4.79 Å². The van der Waals surface area contributed by atoms with Crippen LogP contribution in [0.2, 0.25) is 0 Å². The highest BCUT2D eigenvalue weighted by atomic mass is 16.6. The summed E-state index contributed by atoms with van der Waals surface area (Å²) in [7, 11) is 0. The Bertz CT molecular complexity index is 448. The summed E-state index contributed by atoms with van der Waals surface area (Å²) in [5.74, 6) is 0.465. The second-order valence-electron chi connectivity index (χ2n) is 6.03. The molecule has 0 saturated carbocycles. The first kappa shape index (κ1) is 12.9. The van der Waals surface area contributed by atoms with Gasteiger partial charge in [-0.1, -0.05) is 25.1 Å². The molecule has 1 amide bonds. The van der Waals surface area contributed by atoms with Crippen LogP contribution in [-0.2, 0) is 11.2 Å². The van der Waals surface area contributed by atoms with Crippen molar-refractivity contribution in [3.8, 4) is 0 Å². The minimum atomic E-state index is -0.452. The number of para-hydroxylation sites is 1. The first-order valence-electron chi connectivity index (χ1n) is 6.45. The van der Waals surface area contributed by atoms with Gasteiger partial charge in [0, 0.05) is 6.54 Å². The van der Waals surface area contributed by atoms with E-state index in [1.165, 1.54) is 5.56 Å². The predicted molar refractivity (Wildman–Crippen MR) is 72.9 cm³/mol. The van der Waals surface area contributed by atoms with E-state index in [0.29, 0.717) is 5.92 Å². The molecule has 1 atom stereocenters. The molecule has 0 aliphatic carbocycles. The van der Waals surface area contributed by atoms with Crippen molar-refractivity contribution >= 4 is 11.8 Å². The van der Waals surface area contributed by atoms with Crippen LogP contribution in [0.25, 0.3) is 0 Å². The number of hydrogen-bond acceptors (Lipinski definition) is 2. The van der Waals surface area contributed by atoms with Gasteiger partial charge in [-0.3, -0.25) is 4.90 Å². The Hall–Kier alpha value is -1.51. The van der Waals surface area contributed by atoms with Crippen LogP contribution in [0.3, 0.4) is 0 Å². The Labute approximate surface area is 109 Å². The van der Waals surface area contributed by atoms with Crippen LogP contribution in [0, 0.1) is 5.92 Å². The molecule has 0 saturated heterocycles. The molecule has 0 fully saturated rings. The standard InChI is InChI=1S/C15H21NO2/c1-11-9-12-7-5-6-8-13(12)16(10-11)14(17)18-15(2,3)4/h5-8,11H,9-10H2,1-4H3/t11-/m1/s1. The van der Waals surface area contributed by atoms with Crippen molar-refractivity contribution in [1.29, 1.82) is 0 Å². The van der Waals surface area contributed by atoms with E-state index in [4.69, 9.17) is 4.74 Å². The fourth-order valence-electron chi connectivity index (χ4n) is 2.29. The Morgan fingerprint density at radius 3 is 2.67 bits per heavy atom. The fourth-order valence-corrected chi connectivity index (χ4v) is 2.29. The van der Waals surface area contributed by atoms with Crippen molar-refractivity contribution in [2.45, 2.75) is 39.7 Å². The van der Waals surface area contributed by atoms with Crippen LogP contribution < -0.4 is 4.90 Å². The van der Waals surface area contributed by atoms with E-state index in [0.717, 1.165) is 18.7 Å². The van der Waals surface area contributed by atoms with Crippen LogP contribution in [0.1, 0.15) is 33.3 Å². The van der Waals surface area contributed by atoms with E-state index in [1.807, 2.05) is 39.0 Å². The second-order valence-corrected chi connectivity index (χ2v) is 6.03. The number of rotatable bonds is 0. The Morgan fingerprint density at radius 1 is 1.33 bits per heavy atom. The number of hydrogen-bond donors (Lipinski definition) is 0. The molecule has 1 aliphatic rings. The van der Waals surface area contributed by atoms with E-state index < -0.39 is 5.60 Å². The third kappa shape index (κ3) is 2.84. The molecule has 0 unspecified atom stereocenters. The second kappa shape index (κ2) is 4.63. The van der Waals surface area contributed by atoms with Gasteiger partial charge in [0.2, 0.25) is 0 Å². The molecule has 1 aromatic carbocycles. The number of carbonyl (C=O) groups is 1. The van der Waals surface area contributed by atoms with Crippen LogP contribution in [0.4, 0.5) is 10.5 Å². The average Bonchev–Trinajstić information content (AvgIpc) is 2.25. The number of benzene rings is 1. The van der Waals surface area contributed by atoms with Gasteiger partial charge in [-0.05, 0) is 44.7 Å². The van der Waals surface area contributed by atoms with E-state index >= 15 is 0 Å². The van der Waals surface area contributed by atoms with Crippen molar-refractivity contribution in [3.05, 3.63) is 29.8 Å². The largest absolute Gasteiger partial charge is 0.443 e. The first-order chi connectivity index (χ1) is 8.37. The van der Waals surface area contributed by atoms with Gasteiger partial charge in [-0.2, -0.15) is 0 Å². The quantitative estimate of drug-likeness (QED) is 0.700. The minimum Gasteiger partial charge on any atom is -0.443 e. The normalized spacial score (nSPS) is 19.3. The summed E-state index contributed by atoms with van der Waals surface area (Å²) in [6, 6.07) is 8.06. The molecular formula is C15H21NO2. The fraction of sp³-hybridized carbons (Fsp3) is 0.533. The zero-order valence-corrected chi connectivity index (χ0v) is 11.6. The maximum atomic E-state index is 12.2. The van der Waals surface area contributed by atoms with E-state index in [-0.39, 0.29) is 6.09 Å². The summed E-state index contributed by atoms with van der Waals surface area (Å²) in [6.45, 7) is 8.57. The third-order valence-electron chi connectivity index (χ3n) is 2.96. The zero-order valence-electron chi connectivity index (χ0n) is 11.6. The van der Waals surface area contributed by atoms with Gasteiger partial charge in [0.15, 0.2) is 0 Å². The summed E-state index contributed by atoms with van der Waals surface area (Å²) in [5.41, 5.74) is 1.76. The molecule has 1 heterocycles. The number of carbonyl (C=O) groups excluding carboxylic acids is 1. The SMILES string of the molecule is C[C@@H]1Cc2ccccc2N(C(=O)OC(C)(C)C)C1. The average molecular weight is 247 g/mol. The highest BCUT2D eigenvalue weighted by molar-refractivity contribution is 5.89. The summed E-state index contributed by atoms with van der Waals surface area (Å²) >= 11 is 0. The number of anilines is 1. The van der Waals surface area contributed by atoms with Gasteiger partial charge >= 0.3 is 6.09 Å². The molecule has 0 N–H and O–H groups in total. The molecule has 0 radical (unpaired) electrons. The van der Waals surface area contributed by atoms with E-state index in [2.05, 4.69) is 13.0 Å². The van der Waals surface area contributed by atoms with Crippen molar-refractivity contribution in [1.82, 2.24) is 0 Å². The Morgan fingerprint density at radius 2 is 2.00 bits per heavy atom. The topological polar surface area (TPSA) is 29.5 Å². The highest BCUT2D eigenvalue weighted by Crippen LogP contribution is 2.30. The van der Waals surface area contributed by atoms with Crippen LogP contribution in [0.15, 0.2) is 24.3 Å². The number of amides is 1. The van der Waals surface area contributed by atoms with Crippen LogP contribution in [-0.4, -0.2) is 18.2 Å². The molecule has 2 rings (SSSR count). The Balaban J connectivity index is 2.26. The van der Waals surface area contributed by atoms with Crippen molar-refractivity contribution in [2.75, 3.05) is 11.4 Å². The Kier molecular flexibility index (Phi) is 3.33. The van der Waals surface area contributed by atoms with Crippen molar-refractivity contribution in [3.63, 3.8) is 0 Å². The summed E-state index contributed by atoms with van der Waals surface area (Å²) < 4.78 is 5.47. The van der Waals surface area contributed by atoms with Gasteiger partial charge in [-0.25, -0.2) is 4.79 Å². The molecule has 0 spiro atoms. The van der Waals surface area contributed by atoms with Crippen LogP contribution in [0.5, 0.6) is 0 Å². The third-order valence-corrected chi connectivity index (χ3v) is 2.96. The monoisotopic (exact) mass is 247 g/mol. The molecule has 18 heavy (non-hydrogen) atoms.